The van der Waals surface area contributed by atoms with Gasteiger partial charge in [0, 0.05) is 23.1 Å². The molecule has 1 N–H and O–H groups in total. The summed E-state index contributed by atoms with van der Waals surface area (Å²) in [5, 5.41) is 7.58. The van der Waals surface area contributed by atoms with Gasteiger partial charge in [0.2, 0.25) is 5.76 Å². The summed E-state index contributed by atoms with van der Waals surface area (Å²) in [5.74, 6) is 0.158. The molecule has 0 aliphatic carbocycles. The fourth-order valence-electron chi connectivity index (χ4n) is 2.85. The number of ether oxygens (including phenoxy) is 2. The lowest BCUT2D eigenvalue weighted by molar-refractivity contribution is -0.119. The van der Waals surface area contributed by atoms with Gasteiger partial charge in [0.1, 0.15) is 17.2 Å². The SMILES string of the molecule is CCOc1ccc2oc(C(=O)OCC(=O)Nc3ccnn3C(C)C)c(C)c2c1. The van der Waals surface area contributed by atoms with Crippen LogP contribution < -0.4 is 10.1 Å². The number of benzene rings is 1. The third-order valence-corrected chi connectivity index (χ3v) is 4.17. The molecule has 0 atom stereocenters. The third kappa shape index (κ3) is 4.00. The maximum Gasteiger partial charge on any atom is 0.375 e. The molecule has 28 heavy (non-hydrogen) atoms. The van der Waals surface area contributed by atoms with Crippen LogP contribution in [0.4, 0.5) is 5.82 Å². The Morgan fingerprint density at radius 2 is 2.07 bits per heavy atom. The first-order valence-electron chi connectivity index (χ1n) is 9.07. The molecule has 0 unspecified atom stereocenters. The van der Waals surface area contributed by atoms with Gasteiger partial charge in [-0.05, 0) is 45.9 Å². The predicted molar refractivity (Wildman–Crippen MR) is 104 cm³/mol. The molecule has 0 spiro atoms. The first kappa shape index (κ1) is 19.5. The smallest absolute Gasteiger partial charge is 0.375 e. The molecule has 0 radical (unpaired) electrons. The Kier molecular flexibility index (Phi) is 5.67. The maximum absolute atomic E-state index is 12.4. The van der Waals surface area contributed by atoms with Crippen molar-refractivity contribution in [2.24, 2.45) is 0 Å². The molecule has 3 rings (SSSR count). The van der Waals surface area contributed by atoms with E-state index in [1.165, 1.54) is 0 Å². The van der Waals surface area contributed by atoms with Gasteiger partial charge in [-0.25, -0.2) is 9.48 Å². The summed E-state index contributed by atoms with van der Waals surface area (Å²) < 4.78 is 17.9. The van der Waals surface area contributed by atoms with Crippen molar-refractivity contribution in [3.05, 3.63) is 41.8 Å². The van der Waals surface area contributed by atoms with E-state index < -0.39 is 18.5 Å². The van der Waals surface area contributed by atoms with E-state index in [1.807, 2.05) is 26.8 Å². The van der Waals surface area contributed by atoms with E-state index in [4.69, 9.17) is 13.9 Å². The summed E-state index contributed by atoms with van der Waals surface area (Å²) in [7, 11) is 0. The van der Waals surface area contributed by atoms with Crippen LogP contribution in [-0.4, -0.2) is 34.9 Å². The number of hydrogen-bond acceptors (Lipinski definition) is 6. The largest absolute Gasteiger partial charge is 0.494 e. The lowest BCUT2D eigenvalue weighted by Gasteiger charge is -2.11. The van der Waals surface area contributed by atoms with Crippen molar-refractivity contribution in [1.29, 1.82) is 0 Å². The number of furan rings is 1. The van der Waals surface area contributed by atoms with Crippen molar-refractivity contribution in [2.45, 2.75) is 33.7 Å². The molecule has 2 aromatic heterocycles. The molecule has 3 aromatic rings. The van der Waals surface area contributed by atoms with Crippen LogP contribution in [0.2, 0.25) is 0 Å². The highest BCUT2D eigenvalue weighted by Crippen LogP contribution is 2.29. The monoisotopic (exact) mass is 385 g/mol. The van der Waals surface area contributed by atoms with Crippen LogP contribution in [0.5, 0.6) is 5.75 Å². The highest BCUT2D eigenvalue weighted by atomic mass is 16.5. The standard InChI is InChI=1S/C20H23N3O5/c1-5-26-14-6-7-16-15(10-14)13(4)19(28-16)20(25)27-11-18(24)22-17-8-9-21-23(17)12(2)3/h6-10,12H,5,11H2,1-4H3,(H,22,24). The highest BCUT2D eigenvalue weighted by molar-refractivity contribution is 5.98. The molecular weight excluding hydrogens is 362 g/mol. The molecule has 8 nitrogen and oxygen atoms in total. The predicted octanol–water partition coefficient (Wildman–Crippen LogP) is 3.71. The van der Waals surface area contributed by atoms with E-state index in [9.17, 15) is 9.59 Å². The summed E-state index contributed by atoms with van der Waals surface area (Å²) >= 11 is 0. The number of nitrogens with one attached hydrogen (secondary N) is 1. The molecule has 0 aliphatic rings. The first-order valence-corrected chi connectivity index (χ1v) is 9.07. The first-order chi connectivity index (χ1) is 13.4. The van der Waals surface area contributed by atoms with E-state index in [0.29, 0.717) is 29.3 Å². The van der Waals surface area contributed by atoms with Gasteiger partial charge in [-0.2, -0.15) is 5.10 Å². The van der Waals surface area contributed by atoms with Gasteiger partial charge in [0.05, 0.1) is 12.8 Å². The lowest BCUT2D eigenvalue weighted by atomic mass is 10.1. The van der Waals surface area contributed by atoms with Crippen molar-refractivity contribution in [2.75, 3.05) is 18.5 Å². The Balaban J connectivity index is 1.66. The second kappa shape index (κ2) is 8.16. The molecule has 8 heteroatoms. The van der Waals surface area contributed by atoms with E-state index in [2.05, 4.69) is 10.4 Å². The summed E-state index contributed by atoms with van der Waals surface area (Å²) in [4.78, 5) is 24.5. The Hall–Kier alpha value is -3.29. The number of aryl methyl sites for hydroxylation is 1. The van der Waals surface area contributed by atoms with Gasteiger partial charge in [0.15, 0.2) is 6.61 Å². The van der Waals surface area contributed by atoms with Crippen LogP contribution in [0.25, 0.3) is 11.0 Å². The van der Waals surface area contributed by atoms with Crippen molar-refractivity contribution >= 4 is 28.7 Å². The number of amides is 1. The number of rotatable bonds is 7. The third-order valence-electron chi connectivity index (χ3n) is 4.17. The number of fused-ring (bicyclic) bond motifs is 1. The second-order valence-corrected chi connectivity index (χ2v) is 6.53. The van der Waals surface area contributed by atoms with Gasteiger partial charge in [0.25, 0.3) is 5.91 Å². The van der Waals surface area contributed by atoms with Crippen LogP contribution >= 0.6 is 0 Å². The van der Waals surface area contributed by atoms with Gasteiger partial charge >= 0.3 is 5.97 Å². The number of nitrogens with zero attached hydrogens (tertiary/aromatic N) is 2. The fraction of sp³-hybridized carbons (Fsp3) is 0.350. The van der Waals surface area contributed by atoms with E-state index in [1.54, 1.807) is 36.0 Å². The average Bonchev–Trinajstić information content (AvgIpc) is 3.25. The van der Waals surface area contributed by atoms with Crippen molar-refractivity contribution < 1.29 is 23.5 Å². The number of carbonyl (C=O) groups is 2. The van der Waals surface area contributed by atoms with Crippen molar-refractivity contribution in [3.8, 4) is 5.75 Å². The molecule has 0 saturated heterocycles. The van der Waals surface area contributed by atoms with E-state index in [-0.39, 0.29) is 11.8 Å². The zero-order chi connectivity index (χ0) is 20.3. The zero-order valence-corrected chi connectivity index (χ0v) is 16.3. The highest BCUT2D eigenvalue weighted by Gasteiger charge is 2.21. The minimum Gasteiger partial charge on any atom is -0.494 e. The fourth-order valence-corrected chi connectivity index (χ4v) is 2.85. The second-order valence-electron chi connectivity index (χ2n) is 6.53. The lowest BCUT2D eigenvalue weighted by Crippen LogP contribution is -2.23. The molecule has 0 fully saturated rings. The Labute approximate surface area is 162 Å². The number of esters is 1. The van der Waals surface area contributed by atoms with Crippen molar-refractivity contribution in [3.63, 3.8) is 0 Å². The Morgan fingerprint density at radius 3 is 2.79 bits per heavy atom. The van der Waals surface area contributed by atoms with Gasteiger partial charge in [-0.3, -0.25) is 4.79 Å². The minimum atomic E-state index is -0.695. The number of hydrogen-bond donors (Lipinski definition) is 1. The van der Waals surface area contributed by atoms with Gasteiger partial charge in [-0.1, -0.05) is 0 Å². The van der Waals surface area contributed by atoms with E-state index in [0.717, 1.165) is 5.39 Å². The minimum absolute atomic E-state index is 0.0728. The summed E-state index contributed by atoms with van der Waals surface area (Å²) in [6.07, 6.45) is 1.59. The zero-order valence-electron chi connectivity index (χ0n) is 16.3. The van der Waals surface area contributed by atoms with E-state index >= 15 is 0 Å². The molecular formula is C20H23N3O5. The van der Waals surface area contributed by atoms with Crippen LogP contribution in [0.15, 0.2) is 34.9 Å². The topological polar surface area (TPSA) is 95.6 Å². The number of anilines is 1. The maximum atomic E-state index is 12.4. The molecule has 1 aromatic carbocycles. The number of aromatic nitrogens is 2. The molecule has 148 valence electrons. The van der Waals surface area contributed by atoms with Crippen LogP contribution in [0.1, 0.15) is 42.9 Å². The van der Waals surface area contributed by atoms with Crippen LogP contribution in [0, 0.1) is 6.92 Å². The average molecular weight is 385 g/mol. The summed E-state index contributed by atoms with van der Waals surface area (Å²) in [6.45, 7) is 7.67. The molecule has 0 bridgehead atoms. The van der Waals surface area contributed by atoms with Gasteiger partial charge < -0.3 is 19.2 Å². The van der Waals surface area contributed by atoms with Crippen LogP contribution in [-0.2, 0) is 9.53 Å². The quantitative estimate of drug-likeness (QED) is 0.623. The van der Waals surface area contributed by atoms with Crippen molar-refractivity contribution in [1.82, 2.24) is 9.78 Å². The summed E-state index contributed by atoms with van der Waals surface area (Å²) in [5.41, 5.74) is 1.19. The van der Waals surface area contributed by atoms with Crippen LogP contribution in [0.3, 0.4) is 0 Å². The normalized spacial score (nSPS) is 11.0. The Morgan fingerprint density at radius 1 is 1.29 bits per heavy atom. The molecule has 1 amide bonds. The summed E-state index contributed by atoms with van der Waals surface area (Å²) in [6, 6.07) is 7.10. The molecule has 0 aliphatic heterocycles. The number of carbonyl (C=O) groups excluding carboxylic acids is 2. The molecule has 0 saturated carbocycles. The van der Waals surface area contributed by atoms with Gasteiger partial charge in [-0.15, -0.1) is 0 Å². The Bertz CT molecular complexity index is 1000. The molecule has 2 heterocycles.